The summed E-state index contributed by atoms with van der Waals surface area (Å²) in [6.07, 6.45) is 1.44. The minimum Gasteiger partial charge on any atom is -0.271 e. The van der Waals surface area contributed by atoms with Crippen molar-refractivity contribution in [2.75, 3.05) is 0 Å². The number of aromatic nitrogens is 3. The van der Waals surface area contributed by atoms with Crippen LogP contribution in [-0.2, 0) is 11.3 Å². The fourth-order valence-corrected chi connectivity index (χ4v) is 1.93. The normalized spacial score (nSPS) is 11.1. The maximum Gasteiger partial charge on any atom is 0.261 e. The van der Waals surface area contributed by atoms with Gasteiger partial charge in [-0.25, -0.2) is 14.5 Å². The maximum atomic E-state index is 12.7. The Labute approximate surface area is 125 Å². The van der Waals surface area contributed by atoms with E-state index in [1.165, 1.54) is 23.0 Å². The lowest BCUT2D eigenvalue weighted by atomic mass is 10.2. The highest BCUT2D eigenvalue weighted by molar-refractivity contribution is 5.83. The molecule has 0 unspecified atom stereocenters. The van der Waals surface area contributed by atoms with Crippen molar-refractivity contribution < 1.29 is 9.18 Å². The zero-order valence-corrected chi connectivity index (χ0v) is 11.5. The first-order valence-corrected chi connectivity index (χ1v) is 6.58. The van der Waals surface area contributed by atoms with E-state index in [0.29, 0.717) is 5.56 Å². The number of hydrazone groups is 1. The standard InChI is InChI=1S/C15H12FN5O/c16-12-7-5-11(6-8-12)9-17-19-15(22)10-21-14-4-2-1-3-13(14)18-20-21/h1-9H,10H2,(H,19,22)/b17-9+. The summed E-state index contributed by atoms with van der Waals surface area (Å²) in [7, 11) is 0. The van der Waals surface area contributed by atoms with Crippen LogP contribution in [0.1, 0.15) is 5.56 Å². The van der Waals surface area contributed by atoms with Gasteiger partial charge in [0.05, 0.1) is 11.7 Å². The van der Waals surface area contributed by atoms with Gasteiger partial charge in [0, 0.05) is 0 Å². The molecule has 0 spiro atoms. The summed E-state index contributed by atoms with van der Waals surface area (Å²) >= 11 is 0. The van der Waals surface area contributed by atoms with Gasteiger partial charge in [0.2, 0.25) is 0 Å². The number of halogens is 1. The summed E-state index contributed by atoms with van der Waals surface area (Å²) in [5.74, 6) is -0.645. The lowest BCUT2D eigenvalue weighted by Crippen LogP contribution is -2.23. The topological polar surface area (TPSA) is 72.2 Å². The first-order chi connectivity index (χ1) is 10.7. The fraction of sp³-hybridized carbons (Fsp3) is 0.0667. The van der Waals surface area contributed by atoms with Crippen LogP contribution in [0, 0.1) is 5.82 Å². The number of nitrogens with one attached hydrogen (secondary N) is 1. The molecular weight excluding hydrogens is 285 g/mol. The van der Waals surface area contributed by atoms with Crippen LogP contribution in [0.15, 0.2) is 53.6 Å². The van der Waals surface area contributed by atoms with Crippen LogP contribution in [0.5, 0.6) is 0 Å². The Morgan fingerprint density at radius 2 is 2.00 bits per heavy atom. The number of hydrogen-bond donors (Lipinski definition) is 1. The third kappa shape index (κ3) is 3.14. The van der Waals surface area contributed by atoms with Gasteiger partial charge in [0.15, 0.2) is 0 Å². The molecule has 0 aliphatic carbocycles. The summed E-state index contributed by atoms with van der Waals surface area (Å²) in [6, 6.07) is 13.1. The average molecular weight is 297 g/mol. The summed E-state index contributed by atoms with van der Waals surface area (Å²) < 4.78 is 14.2. The lowest BCUT2D eigenvalue weighted by molar-refractivity contribution is -0.121. The number of fused-ring (bicyclic) bond motifs is 1. The fourth-order valence-electron chi connectivity index (χ4n) is 1.93. The number of benzene rings is 2. The first kappa shape index (κ1) is 13.9. The second kappa shape index (κ2) is 6.13. The van der Waals surface area contributed by atoms with Crippen molar-refractivity contribution in [2.24, 2.45) is 5.10 Å². The summed E-state index contributed by atoms with van der Waals surface area (Å²) in [6.45, 7) is 0.0151. The van der Waals surface area contributed by atoms with Crippen molar-refractivity contribution in [2.45, 2.75) is 6.54 Å². The predicted octanol–water partition coefficient (Wildman–Crippen LogP) is 1.72. The molecule has 0 fully saturated rings. The predicted molar refractivity (Wildman–Crippen MR) is 79.7 cm³/mol. The molecule has 0 bridgehead atoms. The van der Waals surface area contributed by atoms with Gasteiger partial charge in [-0.2, -0.15) is 5.10 Å². The van der Waals surface area contributed by atoms with Crippen molar-refractivity contribution in [3.05, 3.63) is 59.9 Å². The van der Waals surface area contributed by atoms with Crippen molar-refractivity contribution in [3.8, 4) is 0 Å². The number of hydrogen-bond acceptors (Lipinski definition) is 4. The minimum atomic E-state index is -0.325. The third-order valence-electron chi connectivity index (χ3n) is 2.99. The molecule has 110 valence electrons. The zero-order valence-electron chi connectivity index (χ0n) is 11.5. The Hall–Kier alpha value is -3.09. The largest absolute Gasteiger partial charge is 0.271 e. The van der Waals surface area contributed by atoms with Crippen LogP contribution in [0.2, 0.25) is 0 Å². The molecule has 3 rings (SSSR count). The van der Waals surface area contributed by atoms with Crippen molar-refractivity contribution in [1.82, 2.24) is 20.4 Å². The second-order valence-corrected chi connectivity index (χ2v) is 4.58. The molecule has 0 saturated carbocycles. The Kier molecular flexibility index (Phi) is 3.86. The highest BCUT2D eigenvalue weighted by Crippen LogP contribution is 2.09. The Bertz CT molecular complexity index is 825. The molecule has 22 heavy (non-hydrogen) atoms. The molecule has 1 N–H and O–H groups in total. The zero-order chi connectivity index (χ0) is 15.4. The Morgan fingerprint density at radius 1 is 1.23 bits per heavy atom. The number of carbonyl (C=O) groups is 1. The van der Waals surface area contributed by atoms with E-state index in [-0.39, 0.29) is 18.3 Å². The molecule has 0 saturated heterocycles. The van der Waals surface area contributed by atoms with Gasteiger partial charge in [0.1, 0.15) is 17.9 Å². The Balaban J connectivity index is 1.62. The molecular formula is C15H12FN5O. The van der Waals surface area contributed by atoms with E-state index < -0.39 is 0 Å². The van der Waals surface area contributed by atoms with Crippen molar-refractivity contribution in [3.63, 3.8) is 0 Å². The van der Waals surface area contributed by atoms with Crippen LogP contribution in [0.3, 0.4) is 0 Å². The molecule has 0 aliphatic heterocycles. The van der Waals surface area contributed by atoms with E-state index in [1.807, 2.05) is 24.3 Å². The molecule has 0 atom stereocenters. The van der Waals surface area contributed by atoms with Crippen LogP contribution in [0.4, 0.5) is 4.39 Å². The summed E-state index contributed by atoms with van der Waals surface area (Å²) in [4.78, 5) is 11.8. The van der Waals surface area contributed by atoms with E-state index in [9.17, 15) is 9.18 Å². The summed E-state index contributed by atoms with van der Waals surface area (Å²) in [5.41, 5.74) is 4.59. The van der Waals surface area contributed by atoms with Gasteiger partial charge < -0.3 is 0 Å². The average Bonchev–Trinajstić information content (AvgIpc) is 2.93. The molecule has 1 aromatic heterocycles. The smallest absolute Gasteiger partial charge is 0.261 e. The van der Waals surface area contributed by atoms with Gasteiger partial charge in [-0.15, -0.1) is 5.10 Å². The summed E-state index contributed by atoms with van der Waals surface area (Å²) in [5, 5.41) is 11.7. The Morgan fingerprint density at radius 3 is 2.82 bits per heavy atom. The van der Waals surface area contributed by atoms with Crippen LogP contribution < -0.4 is 5.43 Å². The SMILES string of the molecule is O=C(Cn1nnc2ccccc21)N/N=C/c1ccc(F)cc1. The number of carbonyl (C=O) groups excluding carboxylic acids is 1. The minimum absolute atomic E-state index is 0.0151. The van der Waals surface area contributed by atoms with Gasteiger partial charge >= 0.3 is 0 Å². The number of amides is 1. The molecule has 0 radical (unpaired) electrons. The third-order valence-corrected chi connectivity index (χ3v) is 2.99. The maximum absolute atomic E-state index is 12.7. The van der Waals surface area contributed by atoms with E-state index in [4.69, 9.17) is 0 Å². The van der Waals surface area contributed by atoms with Gasteiger partial charge in [0.25, 0.3) is 5.91 Å². The quantitative estimate of drug-likeness (QED) is 0.588. The van der Waals surface area contributed by atoms with E-state index in [0.717, 1.165) is 11.0 Å². The molecule has 6 nitrogen and oxygen atoms in total. The molecule has 7 heteroatoms. The van der Waals surface area contributed by atoms with E-state index in [2.05, 4.69) is 20.8 Å². The number of para-hydroxylation sites is 1. The van der Waals surface area contributed by atoms with Crippen molar-refractivity contribution >= 4 is 23.2 Å². The van der Waals surface area contributed by atoms with Crippen LogP contribution in [-0.4, -0.2) is 27.1 Å². The number of rotatable bonds is 4. The van der Waals surface area contributed by atoms with Gasteiger partial charge in [-0.1, -0.05) is 29.5 Å². The van der Waals surface area contributed by atoms with E-state index >= 15 is 0 Å². The highest BCUT2D eigenvalue weighted by Gasteiger charge is 2.07. The first-order valence-electron chi connectivity index (χ1n) is 6.58. The van der Waals surface area contributed by atoms with Gasteiger partial charge in [-0.05, 0) is 29.8 Å². The molecule has 2 aromatic carbocycles. The number of nitrogens with zero attached hydrogens (tertiary/aromatic N) is 4. The molecule has 0 aliphatic rings. The highest BCUT2D eigenvalue weighted by atomic mass is 19.1. The van der Waals surface area contributed by atoms with Gasteiger partial charge in [-0.3, -0.25) is 4.79 Å². The molecule has 3 aromatic rings. The molecule has 1 amide bonds. The van der Waals surface area contributed by atoms with Crippen molar-refractivity contribution in [1.29, 1.82) is 0 Å². The van der Waals surface area contributed by atoms with E-state index in [1.54, 1.807) is 12.1 Å². The second-order valence-electron chi connectivity index (χ2n) is 4.58. The lowest BCUT2D eigenvalue weighted by Gasteiger charge is -2.01. The molecule has 1 heterocycles. The van der Waals surface area contributed by atoms with Crippen LogP contribution >= 0.6 is 0 Å². The monoisotopic (exact) mass is 297 g/mol. The van der Waals surface area contributed by atoms with Crippen LogP contribution in [0.25, 0.3) is 11.0 Å².